The van der Waals surface area contributed by atoms with Gasteiger partial charge in [-0.25, -0.2) is 0 Å². The third kappa shape index (κ3) is 4.83. The van der Waals surface area contributed by atoms with Crippen molar-refractivity contribution in [3.8, 4) is 5.75 Å². The molecule has 0 unspecified atom stereocenters. The Hall–Kier alpha value is -2.33. The third-order valence-electron chi connectivity index (χ3n) is 4.10. The first-order valence-electron chi connectivity index (χ1n) is 8.48. The van der Waals surface area contributed by atoms with E-state index in [1.807, 2.05) is 30.3 Å². The highest BCUT2D eigenvalue weighted by Crippen LogP contribution is 2.17. The molecule has 1 fully saturated rings. The van der Waals surface area contributed by atoms with Gasteiger partial charge in [0.2, 0.25) is 0 Å². The summed E-state index contributed by atoms with van der Waals surface area (Å²) in [6.45, 7) is 1.97. The van der Waals surface area contributed by atoms with Crippen LogP contribution >= 0.6 is 0 Å². The Balaban J connectivity index is 1.48. The van der Waals surface area contributed by atoms with Crippen molar-refractivity contribution in [1.29, 1.82) is 0 Å². The van der Waals surface area contributed by atoms with Gasteiger partial charge in [0.1, 0.15) is 12.4 Å². The van der Waals surface area contributed by atoms with Crippen LogP contribution < -0.4 is 10.1 Å². The zero-order valence-electron chi connectivity index (χ0n) is 13.7. The van der Waals surface area contributed by atoms with Crippen LogP contribution in [0.5, 0.6) is 5.75 Å². The van der Waals surface area contributed by atoms with Gasteiger partial charge in [0, 0.05) is 18.7 Å². The second-order valence-electron chi connectivity index (χ2n) is 5.97. The molecule has 1 atom stereocenters. The molecular weight excluding hydrogens is 302 g/mol. The second kappa shape index (κ2) is 8.50. The fourth-order valence-corrected chi connectivity index (χ4v) is 2.76. The fourth-order valence-electron chi connectivity index (χ4n) is 2.76. The average Bonchev–Trinajstić information content (AvgIpc) is 3.15. The van der Waals surface area contributed by atoms with E-state index in [0.29, 0.717) is 24.5 Å². The van der Waals surface area contributed by atoms with Gasteiger partial charge in [0.15, 0.2) is 0 Å². The van der Waals surface area contributed by atoms with E-state index in [2.05, 4.69) is 17.4 Å². The average molecular weight is 325 g/mol. The Morgan fingerprint density at radius 1 is 1.17 bits per heavy atom. The SMILES string of the molecule is O=C(NCCc1ccccc1)c1cccc(OC[C@H]2CCCO2)c1. The van der Waals surface area contributed by atoms with Crippen LogP contribution in [0.1, 0.15) is 28.8 Å². The van der Waals surface area contributed by atoms with Crippen LogP contribution in [-0.2, 0) is 11.2 Å². The summed E-state index contributed by atoms with van der Waals surface area (Å²) < 4.78 is 11.3. The minimum atomic E-state index is -0.0755. The molecule has 1 saturated heterocycles. The van der Waals surface area contributed by atoms with E-state index in [-0.39, 0.29) is 12.0 Å². The molecule has 0 radical (unpaired) electrons. The topological polar surface area (TPSA) is 47.6 Å². The monoisotopic (exact) mass is 325 g/mol. The summed E-state index contributed by atoms with van der Waals surface area (Å²) in [5.74, 6) is 0.634. The van der Waals surface area contributed by atoms with Crippen LogP contribution in [0, 0.1) is 0 Å². The van der Waals surface area contributed by atoms with Crippen LogP contribution in [0.3, 0.4) is 0 Å². The van der Waals surface area contributed by atoms with Gasteiger partial charge in [-0.15, -0.1) is 0 Å². The predicted molar refractivity (Wildman–Crippen MR) is 93.4 cm³/mol. The quantitative estimate of drug-likeness (QED) is 0.850. The maximum atomic E-state index is 12.3. The lowest BCUT2D eigenvalue weighted by Crippen LogP contribution is -2.25. The molecule has 1 aliphatic heterocycles. The molecule has 0 bridgehead atoms. The molecule has 2 aromatic rings. The van der Waals surface area contributed by atoms with Gasteiger partial charge in [-0.1, -0.05) is 36.4 Å². The summed E-state index contributed by atoms with van der Waals surface area (Å²) in [5, 5.41) is 2.95. The Morgan fingerprint density at radius 3 is 2.83 bits per heavy atom. The highest BCUT2D eigenvalue weighted by atomic mass is 16.5. The van der Waals surface area contributed by atoms with Gasteiger partial charge >= 0.3 is 0 Å². The molecule has 0 aromatic heterocycles. The summed E-state index contributed by atoms with van der Waals surface area (Å²) in [7, 11) is 0. The third-order valence-corrected chi connectivity index (χ3v) is 4.10. The Kier molecular flexibility index (Phi) is 5.85. The van der Waals surface area contributed by atoms with E-state index in [0.717, 1.165) is 25.9 Å². The fraction of sp³-hybridized carbons (Fsp3) is 0.350. The molecule has 1 amide bonds. The van der Waals surface area contributed by atoms with E-state index in [4.69, 9.17) is 9.47 Å². The van der Waals surface area contributed by atoms with Crippen molar-refractivity contribution in [1.82, 2.24) is 5.32 Å². The van der Waals surface area contributed by atoms with Crippen LogP contribution in [0.15, 0.2) is 54.6 Å². The Labute approximate surface area is 142 Å². The molecule has 2 aromatic carbocycles. The standard InChI is InChI=1S/C20H23NO3/c22-20(21-12-11-16-6-2-1-3-7-16)17-8-4-9-18(14-17)24-15-19-10-5-13-23-19/h1-4,6-9,14,19H,5,10-13,15H2,(H,21,22)/t19-/m1/s1. The minimum Gasteiger partial charge on any atom is -0.491 e. The molecule has 4 nitrogen and oxygen atoms in total. The Bertz CT molecular complexity index is 651. The summed E-state index contributed by atoms with van der Waals surface area (Å²) in [6.07, 6.45) is 3.13. The van der Waals surface area contributed by atoms with Crippen molar-refractivity contribution in [2.24, 2.45) is 0 Å². The molecule has 24 heavy (non-hydrogen) atoms. The zero-order chi connectivity index (χ0) is 16.6. The van der Waals surface area contributed by atoms with Crippen molar-refractivity contribution in [3.63, 3.8) is 0 Å². The molecule has 126 valence electrons. The molecule has 0 spiro atoms. The molecule has 0 saturated carbocycles. The highest BCUT2D eigenvalue weighted by molar-refractivity contribution is 5.94. The zero-order valence-corrected chi connectivity index (χ0v) is 13.7. The van der Waals surface area contributed by atoms with Crippen LogP contribution in [0.4, 0.5) is 0 Å². The van der Waals surface area contributed by atoms with E-state index in [9.17, 15) is 4.79 Å². The number of hydrogen-bond donors (Lipinski definition) is 1. The van der Waals surface area contributed by atoms with E-state index < -0.39 is 0 Å². The molecule has 4 heteroatoms. The van der Waals surface area contributed by atoms with E-state index in [1.54, 1.807) is 12.1 Å². The number of carbonyl (C=O) groups is 1. The molecule has 1 N–H and O–H groups in total. The van der Waals surface area contributed by atoms with Crippen LogP contribution in [0.25, 0.3) is 0 Å². The molecule has 0 aliphatic carbocycles. The molecule has 1 heterocycles. The van der Waals surface area contributed by atoms with Crippen molar-refractivity contribution in [2.45, 2.75) is 25.4 Å². The second-order valence-corrected chi connectivity index (χ2v) is 5.97. The highest BCUT2D eigenvalue weighted by Gasteiger charge is 2.16. The van der Waals surface area contributed by atoms with Crippen molar-refractivity contribution < 1.29 is 14.3 Å². The summed E-state index contributed by atoms with van der Waals surface area (Å²) in [6, 6.07) is 17.4. The predicted octanol–water partition coefficient (Wildman–Crippen LogP) is 3.22. The normalized spacial score (nSPS) is 16.8. The number of nitrogens with one attached hydrogen (secondary N) is 1. The van der Waals surface area contributed by atoms with Gasteiger partial charge < -0.3 is 14.8 Å². The number of carbonyl (C=O) groups excluding carboxylic acids is 1. The first-order chi connectivity index (χ1) is 11.8. The van der Waals surface area contributed by atoms with Gasteiger partial charge in [0.25, 0.3) is 5.91 Å². The van der Waals surface area contributed by atoms with Crippen molar-refractivity contribution in [3.05, 3.63) is 65.7 Å². The maximum Gasteiger partial charge on any atom is 0.251 e. The first kappa shape index (κ1) is 16.5. The molecule has 1 aliphatic rings. The van der Waals surface area contributed by atoms with Crippen LogP contribution in [-0.4, -0.2) is 31.8 Å². The van der Waals surface area contributed by atoms with Gasteiger partial charge in [0.05, 0.1) is 6.10 Å². The minimum absolute atomic E-state index is 0.0755. The molecule has 3 rings (SSSR count). The lowest BCUT2D eigenvalue weighted by molar-refractivity contribution is 0.0679. The lowest BCUT2D eigenvalue weighted by Gasteiger charge is -2.12. The number of amides is 1. The summed E-state index contributed by atoms with van der Waals surface area (Å²) >= 11 is 0. The largest absolute Gasteiger partial charge is 0.491 e. The smallest absolute Gasteiger partial charge is 0.251 e. The number of benzene rings is 2. The summed E-state index contributed by atoms with van der Waals surface area (Å²) in [4.78, 5) is 12.3. The van der Waals surface area contributed by atoms with Crippen LogP contribution in [0.2, 0.25) is 0 Å². The maximum absolute atomic E-state index is 12.3. The number of rotatable bonds is 7. The van der Waals surface area contributed by atoms with E-state index >= 15 is 0 Å². The Morgan fingerprint density at radius 2 is 2.04 bits per heavy atom. The number of hydrogen-bond acceptors (Lipinski definition) is 3. The van der Waals surface area contributed by atoms with Gasteiger partial charge in [-0.3, -0.25) is 4.79 Å². The van der Waals surface area contributed by atoms with Crippen molar-refractivity contribution in [2.75, 3.05) is 19.8 Å². The van der Waals surface area contributed by atoms with Gasteiger partial charge in [-0.05, 0) is 43.0 Å². The van der Waals surface area contributed by atoms with Gasteiger partial charge in [-0.2, -0.15) is 0 Å². The first-order valence-corrected chi connectivity index (χ1v) is 8.48. The summed E-state index contributed by atoms with van der Waals surface area (Å²) in [5.41, 5.74) is 1.83. The van der Waals surface area contributed by atoms with E-state index in [1.165, 1.54) is 5.56 Å². The van der Waals surface area contributed by atoms with Crippen molar-refractivity contribution >= 4 is 5.91 Å². The molecular formula is C20H23NO3. The lowest BCUT2D eigenvalue weighted by atomic mass is 10.1. The number of ether oxygens (including phenoxy) is 2.